The molecule has 1 N–H and O–H groups in total. The van der Waals surface area contributed by atoms with E-state index in [-0.39, 0.29) is 11.3 Å². The van der Waals surface area contributed by atoms with Gasteiger partial charge in [-0.1, -0.05) is 30.0 Å². The Hall–Kier alpha value is -2.34. The molecule has 0 spiro atoms. The van der Waals surface area contributed by atoms with Crippen LogP contribution in [0.3, 0.4) is 0 Å². The standard InChI is InChI=1S/C25H27N3O2S/c29-22(26-14-19-4-3-7-30-19)15-31-23-20-5-1-2-6-21(20)27-24(28-23)25-11-16-8-17(12-25)10-18(9-16)13-25/h1-7,16-18H,8-15H2,(H,26,29). The van der Waals surface area contributed by atoms with Crippen molar-refractivity contribution in [1.29, 1.82) is 0 Å². The van der Waals surface area contributed by atoms with Crippen molar-refractivity contribution in [2.75, 3.05) is 5.75 Å². The maximum Gasteiger partial charge on any atom is 0.230 e. The highest BCUT2D eigenvalue weighted by atomic mass is 32.2. The van der Waals surface area contributed by atoms with E-state index < -0.39 is 0 Å². The predicted octanol–water partition coefficient (Wildman–Crippen LogP) is 5.10. The zero-order valence-corrected chi connectivity index (χ0v) is 18.4. The average molecular weight is 434 g/mol. The van der Waals surface area contributed by atoms with Gasteiger partial charge in [-0.2, -0.15) is 0 Å². The third-order valence-electron chi connectivity index (χ3n) is 7.46. The highest BCUT2D eigenvalue weighted by Crippen LogP contribution is 2.60. The molecule has 31 heavy (non-hydrogen) atoms. The average Bonchev–Trinajstić information content (AvgIpc) is 3.29. The van der Waals surface area contributed by atoms with Crippen LogP contribution in [-0.4, -0.2) is 21.6 Å². The molecule has 4 bridgehead atoms. The van der Waals surface area contributed by atoms with Gasteiger partial charge in [-0.05, 0) is 74.5 Å². The summed E-state index contributed by atoms with van der Waals surface area (Å²) in [6.45, 7) is 0.412. The van der Waals surface area contributed by atoms with Crippen molar-refractivity contribution in [3.63, 3.8) is 0 Å². The van der Waals surface area contributed by atoms with Crippen LogP contribution in [0.2, 0.25) is 0 Å². The number of furan rings is 1. The Balaban J connectivity index is 1.26. The van der Waals surface area contributed by atoms with E-state index in [0.29, 0.717) is 12.3 Å². The first-order chi connectivity index (χ1) is 15.2. The van der Waals surface area contributed by atoms with E-state index >= 15 is 0 Å². The Bertz CT molecular complexity index is 1080. The zero-order valence-electron chi connectivity index (χ0n) is 17.5. The van der Waals surface area contributed by atoms with Crippen molar-refractivity contribution in [3.8, 4) is 0 Å². The molecule has 5 nitrogen and oxygen atoms in total. The van der Waals surface area contributed by atoms with Gasteiger partial charge in [0, 0.05) is 10.8 Å². The van der Waals surface area contributed by atoms with Gasteiger partial charge in [-0.15, -0.1) is 0 Å². The third kappa shape index (κ3) is 3.65. The smallest absolute Gasteiger partial charge is 0.230 e. The molecular formula is C25H27N3O2S. The van der Waals surface area contributed by atoms with Crippen molar-refractivity contribution in [1.82, 2.24) is 15.3 Å². The number of aromatic nitrogens is 2. The minimum atomic E-state index is -0.0135. The second kappa shape index (κ2) is 7.66. The van der Waals surface area contributed by atoms with E-state index in [1.165, 1.54) is 50.3 Å². The summed E-state index contributed by atoms with van der Waals surface area (Å²) in [6, 6.07) is 11.9. The number of benzene rings is 1. The zero-order chi connectivity index (χ0) is 20.8. The summed E-state index contributed by atoms with van der Waals surface area (Å²) in [5, 5.41) is 4.91. The second-order valence-electron chi connectivity index (χ2n) is 9.71. The molecule has 4 aliphatic carbocycles. The van der Waals surface area contributed by atoms with Crippen LogP contribution in [0.5, 0.6) is 0 Å². The number of hydrogen-bond donors (Lipinski definition) is 1. The first-order valence-corrected chi connectivity index (χ1v) is 12.3. The SMILES string of the molecule is O=C(CSc1nc(C23CC4CC(CC(C4)C2)C3)nc2ccccc12)NCc1ccco1. The van der Waals surface area contributed by atoms with Gasteiger partial charge in [0.2, 0.25) is 5.91 Å². The van der Waals surface area contributed by atoms with Crippen LogP contribution in [0.4, 0.5) is 0 Å². The van der Waals surface area contributed by atoms with Crippen LogP contribution in [0.25, 0.3) is 10.9 Å². The molecule has 4 fully saturated rings. The van der Waals surface area contributed by atoms with E-state index in [2.05, 4.69) is 17.4 Å². The molecule has 0 radical (unpaired) electrons. The van der Waals surface area contributed by atoms with Gasteiger partial charge in [0.15, 0.2) is 0 Å². The van der Waals surface area contributed by atoms with Gasteiger partial charge in [0.25, 0.3) is 0 Å². The summed E-state index contributed by atoms with van der Waals surface area (Å²) in [5.41, 5.74) is 1.15. The molecule has 160 valence electrons. The number of hydrogen-bond acceptors (Lipinski definition) is 5. The van der Waals surface area contributed by atoms with Crippen molar-refractivity contribution in [3.05, 3.63) is 54.2 Å². The fourth-order valence-corrected chi connectivity index (χ4v) is 7.41. The summed E-state index contributed by atoms with van der Waals surface area (Å²) in [6.07, 6.45) is 9.56. The normalized spacial score (nSPS) is 28.8. The van der Waals surface area contributed by atoms with Crippen molar-refractivity contribution >= 4 is 28.6 Å². The molecule has 3 aromatic rings. The maximum atomic E-state index is 12.4. The quantitative estimate of drug-likeness (QED) is 0.433. The molecule has 0 saturated heterocycles. The monoisotopic (exact) mass is 433 g/mol. The minimum Gasteiger partial charge on any atom is -0.467 e. The van der Waals surface area contributed by atoms with Gasteiger partial charge < -0.3 is 9.73 Å². The van der Waals surface area contributed by atoms with Gasteiger partial charge >= 0.3 is 0 Å². The fraction of sp³-hybridized carbons (Fsp3) is 0.480. The van der Waals surface area contributed by atoms with Gasteiger partial charge in [0.1, 0.15) is 16.6 Å². The number of thioether (sulfide) groups is 1. The molecule has 0 aliphatic heterocycles. The van der Waals surface area contributed by atoms with Gasteiger partial charge in [-0.25, -0.2) is 9.97 Å². The summed E-state index contributed by atoms with van der Waals surface area (Å²) < 4.78 is 5.29. The predicted molar refractivity (Wildman–Crippen MR) is 121 cm³/mol. The summed E-state index contributed by atoms with van der Waals surface area (Å²) in [4.78, 5) is 22.6. The molecule has 4 saturated carbocycles. The lowest BCUT2D eigenvalue weighted by Gasteiger charge is -2.56. The Morgan fingerprint density at radius 2 is 1.77 bits per heavy atom. The number of nitrogens with zero attached hydrogens (tertiary/aromatic N) is 2. The third-order valence-corrected chi connectivity index (χ3v) is 8.45. The molecule has 7 rings (SSSR count). The summed E-state index contributed by atoms with van der Waals surface area (Å²) >= 11 is 1.52. The van der Waals surface area contributed by atoms with Crippen LogP contribution in [0.15, 0.2) is 52.1 Å². The van der Waals surface area contributed by atoms with Crippen molar-refractivity contribution in [2.24, 2.45) is 17.8 Å². The lowest BCUT2D eigenvalue weighted by Crippen LogP contribution is -2.49. The van der Waals surface area contributed by atoms with E-state index in [4.69, 9.17) is 14.4 Å². The molecule has 0 atom stereocenters. The molecule has 2 heterocycles. The number of amides is 1. The Labute approximate surface area is 186 Å². The molecule has 1 amide bonds. The lowest BCUT2D eigenvalue weighted by atomic mass is 9.49. The molecule has 0 unspecified atom stereocenters. The van der Waals surface area contributed by atoms with Crippen molar-refractivity contribution in [2.45, 2.75) is 55.5 Å². The lowest BCUT2D eigenvalue weighted by molar-refractivity contribution is -0.118. The van der Waals surface area contributed by atoms with Crippen LogP contribution in [0.1, 0.15) is 50.1 Å². The topological polar surface area (TPSA) is 68.0 Å². The minimum absolute atomic E-state index is 0.0135. The second-order valence-corrected chi connectivity index (χ2v) is 10.7. The molecule has 6 heteroatoms. The fourth-order valence-electron chi connectivity index (χ4n) is 6.56. The van der Waals surface area contributed by atoms with Crippen molar-refractivity contribution < 1.29 is 9.21 Å². The van der Waals surface area contributed by atoms with Crippen LogP contribution >= 0.6 is 11.8 Å². The first-order valence-electron chi connectivity index (χ1n) is 11.4. The van der Waals surface area contributed by atoms with E-state index in [9.17, 15) is 4.79 Å². The van der Waals surface area contributed by atoms with E-state index in [1.807, 2.05) is 24.3 Å². The molecule has 1 aromatic carbocycles. The number of carbonyl (C=O) groups is 1. The van der Waals surface area contributed by atoms with Crippen LogP contribution in [0, 0.1) is 17.8 Å². The van der Waals surface area contributed by atoms with E-state index in [1.54, 1.807) is 6.26 Å². The largest absolute Gasteiger partial charge is 0.467 e. The highest BCUT2D eigenvalue weighted by Gasteiger charge is 2.53. The van der Waals surface area contributed by atoms with Crippen LogP contribution in [-0.2, 0) is 16.8 Å². The van der Waals surface area contributed by atoms with Gasteiger partial charge in [-0.3, -0.25) is 4.79 Å². The summed E-state index contributed by atoms with van der Waals surface area (Å²) in [5.74, 6) is 4.67. The molecule has 4 aliphatic rings. The van der Waals surface area contributed by atoms with E-state index in [0.717, 1.165) is 45.3 Å². The first kappa shape index (κ1) is 19.4. The Morgan fingerprint density at radius 3 is 2.48 bits per heavy atom. The number of carbonyl (C=O) groups excluding carboxylic acids is 1. The highest BCUT2D eigenvalue weighted by molar-refractivity contribution is 8.00. The van der Waals surface area contributed by atoms with Crippen LogP contribution < -0.4 is 5.32 Å². The molecular weight excluding hydrogens is 406 g/mol. The Kier molecular flexibility index (Phi) is 4.78. The number of fused-ring (bicyclic) bond motifs is 1. The maximum absolute atomic E-state index is 12.4. The Morgan fingerprint density at radius 1 is 1.03 bits per heavy atom. The van der Waals surface area contributed by atoms with Gasteiger partial charge in [0.05, 0.1) is 24.1 Å². The summed E-state index contributed by atoms with van der Waals surface area (Å²) in [7, 11) is 0. The number of para-hydroxylation sites is 1. The number of nitrogens with one attached hydrogen (secondary N) is 1. The number of rotatable bonds is 6. The molecule has 2 aromatic heterocycles.